The molecule has 0 saturated carbocycles. The Labute approximate surface area is 187 Å². The van der Waals surface area contributed by atoms with E-state index in [0.717, 1.165) is 11.3 Å². The van der Waals surface area contributed by atoms with Crippen LogP contribution in [0.3, 0.4) is 0 Å². The molecule has 8 nitrogen and oxygen atoms in total. The summed E-state index contributed by atoms with van der Waals surface area (Å²) in [6.45, 7) is 0. The van der Waals surface area contributed by atoms with E-state index in [-0.39, 0.29) is 17.6 Å². The van der Waals surface area contributed by atoms with Gasteiger partial charge in [0.05, 0.1) is 20.0 Å². The Bertz CT molecular complexity index is 1070. The number of aromatic nitrogens is 2. The van der Waals surface area contributed by atoms with E-state index in [2.05, 4.69) is 20.8 Å². The molecule has 2 amide bonds. The lowest BCUT2D eigenvalue weighted by Gasteiger charge is -2.07. The van der Waals surface area contributed by atoms with Crippen molar-refractivity contribution in [3.8, 4) is 11.5 Å². The highest BCUT2D eigenvalue weighted by Gasteiger charge is 2.10. The molecule has 0 aliphatic heterocycles. The lowest BCUT2D eigenvalue weighted by Crippen LogP contribution is -2.13. The zero-order valence-corrected chi connectivity index (χ0v) is 18.5. The Morgan fingerprint density at radius 2 is 1.81 bits per heavy atom. The van der Waals surface area contributed by atoms with Gasteiger partial charge in [-0.3, -0.25) is 14.9 Å². The summed E-state index contributed by atoms with van der Waals surface area (Å²) < 4.78 is 11.0. The van der Waals surface area contributed by atoms with E-state index in [1.807, 2.05) is 36.4 Å². The third-order valence-electron chi connectivity index (χ3n) is 3.86. The smallest absolute Gasteiger partial charge is 0.250 e. The molecule has 2 N–H and O–H groups in total. The van der Waals surface area contributed by atoms with E-state index in [1.54, 1.807) is 32.4 Å². The Balaban J connectivity index is 1.49. The molecule has 0 bridgehead atoms. The van der Waals surface area contributed by atoms with Crippen LogP contribution in [0.1, 0.15) is 5.56 Å². The topological polar surface area (TPSA) is 102 Å². The quantitative estimate of drug-likeness (QED) is 0.286. The molecule has 0 unspecified atom stereocenters. The summed E-state index contributed by atoms with van der Waals surface area (Å²) in [5.74, 6) is 0.892. The van der Waals surface area contributed by atoms with Gasteiger partial charge in [0.25, 0.3) is 0 Å². The number of rotatable bonds is 9. The van der Waals surface area contributed by atoms with Crippen LogP contribution < -0.4 is 20.1 Å². The molecule has 3 rings (SSSR count). The van der Waals surface area contributed by atoms with Crippen molar-refractivity contribution in [2.45, 2.75) is 4.34 Å². The van der Waals surface area contributed by atoms with Gasteiger partial charge in [-0.25, -0.2) is 0 Å². The summed E-state index contributed by atoms with van der Waals surface area (Å²) in [5.41, 5.74) is 1.52. The first-order valence-electron chi connectivity index (χ1n) is 9.09. The predicted octanol–water partition coefficient (Wildman–Crippen LogP) is 3.94. The molecule has 2 aromatic carbocycles. The second kappa shape index (κ2) is 11.1. The van der Waals surface area contributed by atoms with Gasteiger partial charge >= 0.3 is 0 Å². The van der Waals surface area contributed by atoms with Crippen molar-refractivity contribution in [2.24, 2.45) is 0 Å². The molecule has 1 aromatic heterocycles. The van der Waals surface area contributed by atoms with E-state index in [1.165, 1.54) is 29.2 Å². The maximum atomic E-state index is 12.2. The van der Waals surface area contributed by atoms with Crippen LogP contribution in [0.15, 0.2) is 58.9 Å². The Morgan fingerprint density at radius 3 is 2.55 bits per heavy atom. The summed E-state index contributed by atoms with van der Waals surface area (Å²) in [6, 6.07) is 14.6. The molecule has 160 valence electrons. The minimum atomic E-state index is -0.343. The zero-order valence-electron chi connectivity index (χ0n) is 16.8. The van der Waals surface area contributed by atoms with Crippen molar-refractivity contribution >= 4 is 51.8 Å². The molecule has 10 heteroatoms. The third-order valence-corrected chi connectivity index (χ3v) is 5.83. The molecule has 1 heterocycles. The number of methoxy groups -OCH3 is 2. The van der Waals surface area contributed by atoms with Gasteiger partial charge in [-0.15, -0.1) is 10.2 Å². The standard InChI is InChI=1S/C21H20N4O4S2/c1-28-16-10-8-14(12-17(16)29-2)9-11-18(26)23-20-24-25-21(31-20)30-13-19(27)22-15-6-4-3-5-7-15/h3-12H,13H2,1-2H3,(H,22,27)(H,23,24,26). The normalized spacial score (nSPS) is 10.6. The molecule has 0 aliphatic rings. The van der Waals surface area contributed by atoms with Crippen LogP contribution in [0.25, 0.3) is 6.08 Å². The number of carbonyl (C=O) groups excluding carboxylic acids is 2. The van der Waals surface area contributed by atoms with E-state index >= 15 is 0 Å². The number of benzene rings is 2. The van der Waals surface area contributed by atoms with E-state index in [0.29, 0.717) is 21.0 Å². The fraction of sp³-hybridized carbons (Fsp3) is 0.143. The van der Waals surface area contributed by atoms with Crippen LogP contribution in [-0.4, -0.2) is 42.0 Å². The van der Waals surface area contributed by atoms with Crippen molar-refractivity contribution in [3.05, 3.63) is 60.2 Å². The van der Waals surface area contributed by atoms with Gasteiger partial charge in [0.2, 0.25) is 16.9 Å². The van der Waals surface area contributed by atoms with E-state index < -0.39 is 0 Å². The SMILES string of the molecule is COc1ccc(C=CC(=O)Nc2nnc(SCC(=O)Nc3ccccc3)s2)cc1OC. The predicted molar refractivity (Wildman–Crippen MR) is 123 cm³/mol. The first-order chi connectivity index (χ1) is 15.1. The van der Waals surface area contributed by atoms with Gasteiger partial charge in [-0.1, -0.05) is 47.4 Å². The van der Waals surface area contributed by atoms with Gasteiger partial charge in [0.1, 0.15) is 0 Å². The number of anilines is 2. The minimum Gasteiger partial charge on any atom is -0.493 e. The number of nitrogens with zero attached hydrogens (tertiary/aromatic N) is 2. The van der Waals surface area contributed by atoms with Crippen molar-refractivity contribution in [3.63, 3.8) is 0 Å². The van der Waals surface area contributed by atoms with Crippen LogP contribution in [0.2, 0.25) is 0 Å². The van der Waals surface area contributed by atoms with Gasteiger partial charge < -0.3 is 14.8 Å². The molecule has 0 saturated heterocycles. The summed E-state index contributed by atoms with van der Waals surface area (Å²) in [4.78, 5) is 24.2. The average molecular weight is 457 g/mol. The number of nitrogens with one attached hydrogen (secondary N) is 2. The van der Waals surface area contributed by atoms with Gasteiger partial charge in [0, 0.05) is 11.8 Å². The molecule has 31 heavy (non-hydrogen) atoms. The highest BCUT2D eigenvalue weighted by Crippen LogP contribution is 2.28. The van der Waals surface area contributed by atoms with E-state index in [9.17, 15) is 9.59 Å². The lowest BCUT2D eigenvalue weighted by molar-refractivity contribution is -0.114. The van der Waals surface area contributed by atoms with Crippen molar-refractivity contribution in [1.29, 1.82) is 0 Å². The van der Waals surface area contributed by atoms with Crippen molar-refractivity contribution < 1.29 is 19.1 Å². The van der Waals surface area contributed by atoms with Crippen LogP contribution >= 0.6 is 23.1 Å². The average Bonchev–Trinajstić information content (AvgIpc) is 3.24. The Hall–Kier alpha value is -3.37. The first kappa shape index (κ1) is 22.3. The molecule has 0 radical (unpaired) electrons. The highest BCUT2D eigenvalue weighted by molar-refractivity contribution is 8.01. The number of ether oxygens (including phenoxy) is 2. The monoisotopic (exact) mass is 456 g/mol. The molecule has 0 aliphatic carbocycles. The van der Waals surface area contributed by atoms with Crippen LogP contribution in [-0.2, 0) is 9.59 Å². The Morgan fingerprint density at radius 1 is 1.03 bits per heavy atom. The number of hydrogen-bond donors (Lipinski definition) is 2. The summed E-state index contributed by atoms with van der Waals surface area (Å²) in [7, 11) is 3.11. The number of hydrogen-bond acceptors (Lipinski definition) is 8. The second-order valence-electron chi connectivity index (χ2n) is 6.01. The largest absolute Gasteiger partial charge is 0.493 e. The summed E-state index contributed by atoms with van der Waals surface area (Å²) >= 11 is 2.45. The summed E-state index contributed by atoms with van der Waals surface area (Å²) in [5, 5.41) is 13.7. The molecular weight excluding hydrogens is 436 g/mol. The van der Waals surface area contributed by atoms with Gasteiger partial charge in [0.15, 0.2) is 15.8 Å². The van der Waals surface area contributed by atoms with Crippen molar-refractivity contribution in [2.75, 3.05) is 30.6 Å². The maximum absolute atomic E-state index is 12.2. The second-order valence-corrected chi connectivity index (χ2v) is 8.21. The molecular formula is C21H20N4O4S2. The summed E-state index contributed by atoms with van der Waals surface area (Å²) in [6.07, 6.45) is 3.05. The van der Waals surface area contributed by atoms with Crippen LogP contribution in [0.4, 0.5) is 10.8 Å². The highest BCUT2D eigenvalue weighted by atomic mass is 32.2. The lowest BCUT2D eigenvalue weighted by atomic mass is 10.2. The fourth-order valence-corrected chi connectivity index (χ4v) is 3.99. The van der Waals surface area contributed by atoms with E-state index in [4.69, 9.17) is 9.47 Å². The fourth-order valence-electron chi connectivity index (χ4n) is 2.44. The zero-order chi connectivity index (χ0) is 22.1. The molecule has 0 fully saturated rings. The molecule has 0 spiro atoms. The maximum Gasteiger partial charge on any atom is 0.250 e. The Kier molecular flexibility index (Phi) is 8.02. The number of thioether (sulfide) groups is 1. The number of carbonyl (C=O) groups is 2. The minimum absolute atomic E-state index is 0.144. The van der Waals surface area contributed by atoms with Crippen LogP contribution in [0.5, 0.6) is 11.5 Å². The van der Waals surface area contributed by atoms with Crippen molar-refractivity contribution in [1.82, 2.24) is 10.2 Å². The van der Waals surface area contributed by atoms with Gasteiger partial charge in [-0.05, 0) is 35.9 Å². The van der Waals surface area contributed by atoms with Gasteiger partial charge in [-0.2, -0.15) is 0 Å². The number of para-hydroxylation sites is 1. The van der Waals surface area contributed by atoms with Crippen LogP contribution in [0, 0.1) is 0 Å². The third kappa shape index (κ3) is 6.83. The number of amides is 2. The molecule has 3 aromatic rings. The molecule has 0 atom stereocenters. The first-order valence-corrected chi connectivity index (χ1v) is 10.9.